The summed E-state index contributed by atoms with van der Waals surface area (Å²) in [5.74, 6) is 0.993. The van der Waals surface area contributed by atoms with Gasteiger partial charge in [0.1, 0.15) is 5.82 Å². The fourth-order valence-electron chi connectivity index (χ4n) is 2.27. The van der Waals surface area contributed by atoms with Crippen LogP contribution in [0.1, 0.15) is 17.0 Å². The van der Waals surface area contributed by atoms with E-state index in [2.05, 4.69) is 15.5 Å². The Morgan fingerprint density at radius 2 is 2.11 bits per heavy atom. The van der Waals surface area contributed by atoms with Gasteiger partial charge in [0.15, 0.2) is 0 Å². The Kier molecular flexibility index (Phi) is 3.23. The van der Waals surface area contributed by atoms with Gasteiger partial charge < -0.3 is 10.1 Å². The highest BCUT2D eigenvalue weighted by Crippen LogP contribution is 2.17. The number of aromatic nitrogens is 2. The van der Waals surface area contributed by atoms with Crippen molar-refractivity contribution in [2.45, 2.75) is 13.0 Å². The largest absolute Gasteiger partial charge is 0.326 e. The van der Waals surface area contributed by atoms with Gasteiger partial charge in [-0.1, -0.05) is 29.8 Å². The molecular formula is C15H14ClN3. The number of benzene rings is 1. The van der Waals surface area contributed by atoms with Crippen LogP contribution in [0.2, 0.25) is 5.02 Å². The van der Waals surface area contributed by atoms with E-state index in [9.17, 15) is 0 Å². The number of imidazole rings is 1. The lowest BCUT2D eigenvalue weighted by Crippen LogP contribution is -2.01. The molecule has 0 saturated heterocycles. The van der Waals surface area contributed by atoms with Crippen molar-refractivity contribution in [1.82, 2.24) is 9.38 Å². The summed E-state index contributed by atoms with van der Waals surface area (Å²) in [5.41, 5.74) is 9.07. The molecule has 0 bridgehead atoms. The Hall–Kier alpha value is -1.84. The summed E-state index contributed by atoms with van der Waals surface area (Å²) in [4.78, 5) is 4.49. The monoisotopic (exact) mass is 271 g/mol. The molecule has 19 heavy (non-hydrogen) atoms. The number of rotatable bonds is 3. The van der Waals surface area contributed by atoms with Crippen LogP contribution in [0, 0.1) is 0 Å². The first kappa shape index (κ1) is 12.2. The van der Waals surface area contributed by atoms with E-state index in [4.69, 9.17) is 17.3 Å². The van der Waals surface area contributed by atoms with E-state index in [0.717, 1.165) is 33.9 Å². The minimum atomic E-state index is 0.520. The van der Waals surface area contributed by atoms with Crippen molar-refractivity contribution in [3.05, 3.63) is 70.8 Å². The van der Waals surface area contributed by atoms with Crippen molar-refractivity contribution in [3.63, 3.8) is 0 Å². The molecule has 0 saturated carbocycles. The van der Waals surface area contributed by atoms with Crippen LogP contribution >= 0.6 is 11.6 Å². The number of hydrogen-bond acceptors (Lipinski definition) is 2. The fraction of sp³-hybridized carbons (Fsp3) is 0.133. The maximum atomic E-state index is 6.01. The molecule has 2 N–H and O–H groups in total. The van der Waals surface area contributed by atoms with Crippen LogP contribution in [-0.4, -0.2) is 9.38 Å². The summed E-state index contributed by atoms with van der Waals surface area (Å²) >= 11 is 6.01. The Morgan fingerprint density at radius 3 is 2.89 bits per heavy atom. The highest BCUT2D eigenvalue weighted by Gasteiger charge is 2.07. The Balaban J connectivity index is 2.02. The van der Waals surface area contributed by atoms with Crippen molar-refractivity contribution in [2.75, 3.05) is 0 Å². The van der Waals surface area contributed by atoms with E-state index in [0.29, 0.717) is 6.54 Å². The van der Waals surface area contributed by atoms with Crippen molar-refractivity contribution >= 4 is 17.1 Å². The third-order valence-corrected chi connectivity index (χ3v) is 3.44. The van der Waals surface area contributed by atoms with Gasteiger partial charge in [0.25, 0.3) is 0 Å². The molecule has 0 amide bonds. The average molecular weight is 272 g/mol. The summed E-state index contributed by atoms with van der Waals surface area (Å²) in [6.45, 7) is 0.520. The predicted octanol–water partition coefficient (Wildman–Crippen LogP) is 3.04. The molecule has 0 aliphatic heterocycles. The summed E-state index contributed by atoms with van der Waals surface area (Å²) < 4.78 is 2.09. The molecule has 0 fully saturated rings. The Morgan fingerprint density at radius 1 is 1.21 bits per heavy atom. The summed E-state index contributed by atoms with van der Waals surface area (Å²) in [6, 6.07) is 11.9. The first-order valence-electron chi connectivity index (χ1n) is 6.16. The third-order valence-electron chi connectivity index (χ3n) is 3.21. The van der Waals surface area contributed by atoms with Gasteiger partial charge in [-0.15, -0.1) is 0 Å². The smallest absolute Gasteiger partial charge is 0.117 e. The summed E-state index contributed by atoms with van der Waals surface area (Å²) in [5, 5.41) is 0.751. The molecule has 0 spiro atoms. The summed E-state index contributed by atoms with van der Waals surface area (Å²) in [6.07, 6.45) is 4.65. The number of pyridine rings is 1. The molecule has 2 heterocycles. The van der Waals surface area contributed by atoms with E-state index in [1.54, 1.807) is 0 Å². The van der Waals surface area contributed by atoms with Gasteiger partial charge in [-0.05, 0) is 29.3 Å². The zero-order valence-electron chi connectivity index (χ0n) is 10.4. The van der Waals surface area contributed by atoms with Crippen molar-refractivity contribution in [3.8, 4) is 0 Å². The number of nitrogens with two attached hydrogens (primary N) is 1. The SMILES string of the molecule is NCc1cccn2c(Cc3cccc(Cl)c3)ncc12. The molecule has 0 radical (unpaired) electrons. The second-order valence-corrected chi connectivity index (χ2v) is 4.91. The topological polar surface area (TPSA) is 43.3 Å². The van der Waals surface area contributed by atoms with E-state index in [1.165, 1.54) is 0 Å². The quantitative estimate of drug-likeness (QED) is 0.796. The minimum absolute atomic E-state index is 0.520. The van der Waals surface area contributed by atoms with E-state index in [1.807, 2.05) is 42.7 Å². The molecule has 1 aromatic carbocycles. The molecule has 0 aliphatic carbocycles. The van der Waals surface area contributed by atoms with Gasteiger partial charge >= 0.3 is 0 Å². The molecule has 96 valence electrons. The van der Waals surface area contributed by atoms with Crippen molar-refractivity contribution < 1.29 is 0 Å². The first-order chi connectivity index (χ1) is 9.28. The lowest BCUT2D eigenvalue weighted by Gasteiger charge is -2.04. The van der Waals surface area contributed by atoms with Gasteiger partial charge in [-0.3, -0.25) is 0 Å². The van der Waals surface area contributed by atoms with Crippen LogP contribution < -0.4 is 5.73 Å². The van der Waals surface area contributed by atoms with Crippen molar-refractivity contribution in [2.24, 2.45) is 5.73 Å². The average Bonchev–Trinajstić information content (AvgIpc) is 2.82. The molecule has 0 atom stereocenters. The van der Waals surface area contributed by atoms with Crippen LogP contribution in [-0.2, 0) is 13.0 Å². The van der Waals surface area contributed by atoms with Gasteiger partial charge in [0.05, 0.1) is 11.7 Å². The van der Waals surface area contributed by atoms with Gasteiger partial charge in [-0.25, -0.2) is 4.98 Å². The van der Waals surface area contributed by atoms with E-state index < -0.39 is 0 Å². The maximum Gasteiger partial charge on any atom is 0.117 e. The zero-order valence-corrected chi connectivity index (χ0v) is 11.1. The molecule has 3 nitrogen and oxygen atoms in total. The highest BCUT2D eigenvalue weighted by atomic mass is 35.5. The first-order valence-corrected chi connectivity index (χ1v) is 6.54. The lowest BCUT2D eigenvalue weighted by atomic mass is 10.1. The van der Waals surface area contributed by atoms with Crippen LogP contribution in [0.25, 0.3) is 5.52 Å². The molecule has 0 unspecified atom stereocenters. The molecule has 3 rings (SSSR count). The molecular weight excluding hydrogens is 258 g/mol. The number of hydrogen-bond donors (Lipinski definition) is 1. The van der Waals surface area contributed by atoms with Crippen LogP contribution in [0.5, 0.6) is 0 Å². The standard InChI is InChI=1S/C15H14ClN3/c16-13-5-1-3-11(7-13)8-15-18-10-14-12(9-17)4-2-6-19(14)15/h1-7,10H,8-9,17H2. The second kappa shape index (κ2) is 5.03. The van der Waals surface area contributed by atoms with Crippen LogP contribution in [0.3, 0.4) is 0 Å². The van der Waals surface area contributed by atoms with Crippen molar-refractivity contribution in [1.29, 1.82) is 0 Å². The van der Waals surface area contributed by atoms with Gasteiger partial charge in [-0.2, -0.15) is 0 Å². The number of nitrogens with zero attached hydrogens (tertiary/aromatic N) is 2. The number of halogens is 1. The number of fused-ring (bicyclic) bond motifs is 1. The van der Waals surface area contributed by atoms with Crippen LogP contribution in [0.15, 0.2) is 48.8 Å². The van der Waals surface area contributed by atoms with E-state index >= 15 is 0 Å². The molecule has 2 aromatic heterocycles. The Labute approximate surface area is 116 Å². The molecule has 3 aromatic rings. The third kappa shape index (κ3) is 2.35. The predicted molar refractivity (Wildman–Crippen MR) is 77.3 cm³/mol. The van der Waals surface area contributed by atoms with E-state index in [-0.39, 0.29) is 0 Å². The molecule has 4 heteroatoms. The van der Waals surface area contributed by atoms with Crippen LogP contribution in [0.4, 0.5) is 0 Å². The minimum Gasteiger partial charge on any atom is -0.326 e. The zero-order chi connectivity index (χ0) is 13.2. The highest BCUT2D eigenvalue weighted by molar-refractivity contribution is 6.30. The normalized spacial score (nSPS) is 11.1. The van der Waals surface area contributed by atoms with Gasteiger partial charge in [0, 0.05) is 24.2 Å². The maximum absolute atomic E-state index is 6.01. The summed E-state index contributed by atoms with van der Waals surface area (Å²) in [7, 11) is 0. The Bertz CT molecular complexity index is 718. The molecule has 0 aliphatic rings. The lowest BCUT2D eigenvalue weighted by molar-refractivity contribution is 0.951. The second-order valence-electron chi connectivity index (χ2n) is 4.47. The van der Waals surface area contributed by atoms with Gasteiger partial charge in [0.2, 0.25) is 0 Å². The fourth-order valence-corrected chi connectivity index (χ4v) is 2.48.